The van der Waals surface area contributed by atoms with Crippen molar-refractivity contribution >= 4 is 28.5 Å². The Hall–Kier alpha value is -3.85. The van der Waals surface area contributed by atoms with Crippen LogP contribution < -0.4 is 9.80 Å². The van der Waals surface area contributed by atoms with Crippen LogP contribution in [0.4, 0.5) is 22.7 Å². The molecule has 0 radical (unpaired) electrons. The molecule has 0 amide bonds. The minimum atomic E-state index is 0.0750. The minimum absolute atomic E-state index is 0.0750. The Morgan fingerprint density at radius 1 is 0.425 bits per heavy atom. The van der Waals surface area contributed by atoms with Crippen LogP contribution in [-0.4, -0.2) is 17.9 Å². The van der Waals surface area contributed by atoms with Gasteiger partial charge >= 0.3 is 0 Å². The molecule has 0 atom stereocenters. The van der Waals surface area contributed by atoms with E-state index in [0.29, 0.717) is 12.1 Å². The quantitative estimate of drug-likeness (QED) is 0.213. The number of ketones is 1. The van der Waals surface area contributed by atoms with Gasteiger partial charge in [-0.15, -0.1) is 0 Å². The lowest BCUT2D eigenvalue weighted by atomic mass is 9.92. The average molecular weight is 529 g/mol. The van der Waals surface area contributed by atoms with Crippen LogP contribution in [0.3, 0.4) is 0 Å². The zero-order valence-corrected chi connectivity index (χ0v) is 23.4. The topological polar surface area (TPSA) is 23.6 Å². The van der Waals surface area contributed by atoms with Crippen LogP contribution in [0.25, 0.3) is 0 Å². The normalized spacial score (nSPS) is 16.4. The predicted octanol–water partition coefficient (Wildman–Crippen LogP) is 9.86. The van der Waals surface area contributed by atoms with Gasteiger partial charge in [-0.2, -0.15) is 0 Å². The number of carbonyl (C=O) groups is 1. The molecular weight excluding hydrogens is 488 g/mol. The van der Waals surface area contributed by atoms with Crippen molar-refractivity contribution in [2.75, 3.05) is 9.80 Å². The molecule has 6 rings (SSSR count). The van der Waals surface area contributed by atoms with Crippen molar-refractivity contribution in [3.05, 3.63) is 120 Å². The molecule has 0 aliphatic heterocycles. The number of nitrogens with zero attached hydrogens (tertiary/aromatic N) is 2. The van der Waals surface area contributed by atoms with Crippen molar-refractivity contribution < 1.29 is 4.79 Å². The van der Waals surface area contributed by atoms with Gasteiger partial charge in [-0.25, -0.2) is 0 Å². The van der Waals surface area contributed by atoms with Gasteiger partial charge < -0.3 is 9.80 Å². The monoisotopic (exact) mass is 528 g/mol. The standard InChI is InChI=1S/C37H40N2O/c40-37(29-21-25-35(26-22-29)38(31-13-5-1-6-14-31)32-15-7-2-8-16-32)30-23-27-36(28-24-30)39(33-17-9-3-10-18-33)34-19-11-4-12-20-34/h1,3,5-6,9-10,13-14,17-18,21-28,32,34H,2,4,7-8,11-12,15-16,19-20H2. The number of carbonyl (C=O) groups excluding carboxylic acids is 1. The van der Waals surface area contributed by atoms with Crippen LogP contribution >= 0.6 is 0 Å². The molecule has 2 saturated carbocycles. The average Bonchev–Trinajstić information content (AvgIpc) is 3.04. The van der Waals surface area contributed by atoms with E-state index >= 15 is 0 Å². The van der Waals surface area contributed by atoms with Gasteiger partial charge in [-0.05, 0) is 98.5 Å². The Morgan fingerprint density at radius 3 is 1.10 bits per heavy atom. The van der Waals surface area contributed by atoms with Crippen molar-refractivity contribution in [3.63, 3.8) is 0 Å². The molecule has 3 heteroatoms. The largest absolute Gasteiger partial charge is 0.338 e. The van der Waals surface area contributed by atoms with Crippen LogP contribution in [-0.2, 0) is 0 Å². The Labute approximate surface area is 239 Å². The third-order valence-corrected chi connectivity index (χ3v) is 8.76. The van der Waals surface area contributed by atoms with E-state index in [0.717, 1.165) is 22.5 Å². The summed E-state index contributed by atoms with van der Waals surface area (Å²) in [6, 6.07) is 38.9. The van der Waals surface area contributed by atoms with Gasteiger partial charge in [0, 0.05) is 46.0 Å². The summed E-state index contributed by atoms with van der Waals surface area (Å²) in [5.41, 5.74) is 6.25. The van der Waals surface area contributed by atoms with Crippen LogP contribution in [0, 0.1) is 0 Å². The van der Waals surface area contributed by atoms with Crippen molar-refractivity contribution in [3.8, 4) is 0 Å². The molecule has 4 aromatic rings. The molecule has 0 spiro atoms. The zero-order valence-electron chi connectivity index (χ0n) is 23.4. The van der Waals surface area contributed by atoms with Crippen LogP contribution in [0.5, 0.6) is 0 Å². The van der Waals surface area contributed by atoms with Gasteiger partial charge in [0.05, 0.1) is 0 Å². The van der Waals surface area contributed by atoms with E-state index in [4.69, 9.17) is 0 Å². The summed E-state index contributed by atoms with van der Waals surface area (Å²) in [4.78, 5) is 18.5. The van der Waals surface area contributed by atoms with Gasteiger partial charge in [-0.3, -0.25) is 4.79 Å². The molecule has 204 valence electrons. The van der Waals surface area contributed by atoms with Gasteiger partial charge in [-0.1, -0.05) is 74.9 Å². The summed E-state index contributed by atoms with van der Waals surface area (Å²) in [5, 5.41) is 0. The summed E-state index contributed by atoms with van der Waals surface area (Å²) in [5.74, 6) is 0.0750. The summed E-state index contributed by atoms with van der Waals surface area (Å²) in [6.07, 6.45) is 12.6. The highest BCUT2D eigenvalue weighted by atomic mass is 16.1. The highest BCUT2D eigenvalue weighted by molar-refractivity contribution is 6.09. The third-order valence-electron chi connectivity index (χ3n) is 8.76. The molecule has 4 aromatic carbocycles. The number of anilines is 4. The van der Waals surface area contributed by atoms with Gasteiger partial charge in [0.25, 0.3) is 0 Å². The predicted molar refractivity (Wildman–Crippen MR) is 167 cm³/mol. The van der Waals surface area contributed by atoms with E-state index < -0.39 is 0 Å². The molecule has 2 fully saturated rings. The fourth-order valence-electron chi connectivity index (χ4n) is 6.71. The summed E-state index contributed by atoms with van der Waals surface area (Å²) >= 11 is 0. The van der Waals surface area contributed by atoms with E-state index in [2.05, 4.69) is 94.7 Å². The fourth-order valence-corrected chi connectivity index (χ4v) is 6.71. The number of rotatable bonds is 8. The van der Waals surface area contributed by atoms with E-state index in [-0.39, 0.29) is 5.78 Å². The van der Waals surface area contributed by atoms with Crippen molar-refractivity contribution in [1.29, 1.82) is 0 Å². The molecule has 0 N–H and O–H groups in total. The maximum atomic E-state index is 13.5. The van der Waals surface area contributed by atoms with Crippen LogP contribution in [0.2, 0.25) is 0 Å². The second-order valence-electron chi connectivity index (χ2n) is 11.4. The number of para-hydroxylation sites is 2. The first-order chi connectivity index (χ1) is 19.8. The lowest BCUT2D eigenvalue weighted by Gasteiger charge is -2.36. The lowest BCUT2D eigenvalue weighted by molar-refractivity contribution is 0.103. The summed E-state index contributed by atoms with van der Waals surface area (Å²) < 4.78 is 0. The maximum Gasteiger partial charge on any atom is 0.193 e. The Balaban J connectivity index is 1.23. The van der Waals surface area contributed by atoms with Gasteiger partial charge in [0.15, 0.2) is 5.78 Å². The first-order valence-electron chi connectivity index (χ1n) is 15.2. The second-order valence-corrected chi connectivity index (χ2v) is 11.4. The fraction of sp³-hybridized carbons (Fsp3) is 0.324. The van der Waals surface area contributed by atoms with Crippen LogP contribution in [0.1, 0.15) is 80.1 Å². The number of benzene rings is 4. The Morgan fingerprint density at radius 2 is 0.750 bits per heavy atom. The molecule has 3 nitrogen and oxygen atoms in total. The van der Waals surface area contributed by atoms with Crippen molar-refractivity contribution in [2.24, 2.45) is 0 Å². The maximum absolute atomic E-state index is 13.5. The molecule has 0 saturated heterocycles. The van der Waals surface area contributed by atoms with Crippen LogP contribution in [0.15, 0.2) is 109 Å². The smallest absolute Gasteiger partial charge is 0.193 e. The molecule has 0 aromatic heterocycles. The molecule has 2 aliphatic rings. The van der Waals surface area contributed by atoms with E-state index in [1.54, 1.807) is 0 Å². The molecule has 0 heterocycles. The highest BCUT2D eigenvalue weighted by Gasteiger charge is 2.25. The summed E-state index contributed by atoms with van der Waals surface area (Å²) in [7, 11) is 0. The first-order valence-corrected chi connectivity index (χ1v) is 15.2. The second kappa shape index (κ2) is 12.6. The van der Waals surface area contributed by atoms with Crippen molar-refractivity contribution in [2.45, 2.75) is 76.3 Å². The highest BCUT2D eigenvalue weighted by Crippen LogP contribution is 2.36. The summed E-state index contributed by atoms with van der Waals surface area (Å²) in [6.45, 7) is 0. The van der Waals surface area contributed by atoms with Gasteiger partial charge in [0.2, 0.25) is 0 Å². The first kappa shape index (κ1) is 26.4. The Bertz CT molecular complexity index is 1250. The number of hydrogen-bond acceptors (Lipinski definition) is 3. The SMILES string of the molecule is O=C(c1ccc(N(c2ccccc2)C2CCCCC2)cc1)c1ccc(N(c2ccccc2)C2CCCCC2)cc1. The minimum Gasteiger partial charge on any atom is -0.338 e. The molecule has 0 bridgehead atoms. The molecule has 40 heavy (non-hydrogen) atoms. The zero-order chi connectivity index (χ0) is 27.1. The van der Waals surface area contributed by atoms with E-state index in [1.807, 2.05) is 24.3 Å². The van der Waals surface area contributed by atoms with E-state index in [9.17, 15) is 4.79 Å². The lowest BCUT2D eigenvalue weighted by Crippen LogP contribution is -2.33. The third kappa shape index (κ3) is 5.84. The number of hydrogen-bond donors (Lipinski definition) is 0. The van der Waals surface area contributed by atoms with Gasteiger partial charge in [0.1, 0.15) is 0 Å². The Kier molecular flexibility index (Phi) is 8.28. The molecule has 2 aliphatic carbocycles. The molecule has 0 unspecified atom stereocenters. The van der Waals surface area contributed by atoms with Crippen molar-refractivity contribution in [1.82, 2.24) is 0 Å². The molecular formula is C37H40N2O. The van der Waals surface area contributed by atoms with E-state index in [1.165, 1.54) is 75.6 Å².